The van der Waals surface area contributed by atoms with Crippen LogP contribution in [0.25, 0.3) is 0 Å². The van der Waals surface area contributed by atoms with Gasteiger partial charge in [0, 0.05) is 19.8 Å². The Morgan fingerprint density at radius 3 is 2.33 bits per heavy atom. The molecule has 0 bridgehead atoms. The van der Waals surface area contributed by atoms with Crippen LogP contribution in [0, 0.1) is 0 Å². The zero-order valence-electron chi connectivity index (χ0n) is 12.0. The summed E-state index contributed by atoms with van der Waals surface area (Å²) in [6.45, 7) is 2.37. The number of hydrogen-bond donors (Lipinski definition) is 0. The molecule has 0 aliphatic carbocycles. The third kappa shape index (κ3) is 3.61. The highest BCUT2D eigenvalue weighted by atomic mass is 35.5. The Morgan fingerprint density at radius 2 is 1.76 bits per heavy atom. The van der Waals surface area contributed by atoms with Crippen LogP contribution in [-0.4, -0.2) is 24.8 Å². The van der Waals surface area contributed by atoms with E-state index in [-0.39, 0.29) is 16.6 Å². The highest BCUT2D eigenvalue weighted by molar-refractivity contribution is 7.89. The predicted molar refractivity (Wildman–Crippen MR) is 83.7 cm³/mol. The summed E-state index contributed by atoms with van der Waals surface area (Å²) >= 11 is 5.88. The lowest BCUT2D eigenvalue weighted by Gasteiger charge is -2.17. The molecule has 0 spiro atoms. The summed E-state index contributed by atoms with van der Waals surface area (Å²) in [7, 11) is -2.11. The Morgan fingerprint density at radius 1 is 1.14 bits per heavy atom. The number of nitrogens with zero attached hydrogens (tertiary/aromatic N) is 2. The first-order valence-electron chi connectivity index (χ1n) is 6.60. The van der Waals surface area contributed by atoms with Crippen molar-refractivity contribution in [3.05, 3.63) is 58.9 Å². The topological polar surface area (TPSA) is 50.3 Å². The van der Waals surface area contributed by atoms with E-state index in [4.69, 9.17) is 11.6 Å². The first kappa shape index (κ1) is 15.9. The fraction of sp³-hybridized carbons (Fsp3) is 0.267. The molecule has 2 aromatic rings. The lowest BCUT2D eigenvalue weighted by atomic mass is 10.1. The summed E-state index contributed by atoms with van der Waals surface area (Å²) in [6, 6.07) is 10.9. The average molecular weight is 325 g/mol. The van der Waals surface area contributed by atoms with Gasteiger partial charge in [0.25, 0.3) is 0 Å². The van der Waals surface area contributed by atoms with Crippen LogP contribution in [-0.2, 0) is 23.0 Å². The standard InChI is InChI=1S/C15H17ClN2O2S/c1-3-12-6-8-13(9-7-12)11-18(2)21(19,20)14-5-4-10-17-15(14)16/h4-10H,3,11H2,1-2H3. The van der Waals surface area contributed by atoms with Gasteiger partial charge in [0.05, 0.1) is 0 Å². The van der Waals surface area contributed by atoms with Crippen LogP contribution in [0.2, 0.25) is 5.15 Å². The number of aryl methyl sites for hydroxylation is 1. The van der Waals surface area contributed by atoms with Gasteiger partial charge in [0.15, 0.2) is 0 Å². The van der Waals surface area contributed by atoms with Crippen molar-refractivity contribution < 1.29 is 8.42 Å². The van der Waals surface area contributed by atoms with Gasteiger partial charge in [-0.25, -0.2) is 13.4 Å². The molecule has 2 rings (SSSR count). The van der Waals surface area contributed by atoms with Crippen LogP contribution in [0.15, 0.2) is 47.5 Å². The summed E-state index contributed by atoms with van der Waals surface area (Å²) < 4.78 is 26.2. The highest BCUT2D eigenvalue weighted by Crippen LogP contribution is 2.22. The summed E-state index contributed by atoms with van der Waals surface area (Å²) in [5.41, 5.74) is 2.15. The van der Waals surface area contributed by atoms with Gasteiger partial charge in [0.2, 0.25) is 10.0 Å². The number of pyridine rings is 1. The second-order valence-corrected chi connectivity index (χ2v) is 7.09. The Kier molecular flexibility index (Phi) is 4.98. The van der Waals surface area contributed by atoms with Crippen molar-refractivity contribution >= 4 is 21.6 Å². The fourth-order valence-electron chi connectivity index (χ4n) is 1.95. The van der Waals surface area contributed by atoms with E-state index in [1.54, 1.807) is 6.07 Å². The molecule has 21 heavy (non-hydrogen) atoms. The van der Waals surface area contributed by atoms with E-state index < -0.39 is 10.0 Å². The molecule has 1 heterocycles. The molecule has 0 aliphatic heterocycles. The molecule has 0 aliphatic rings. The number of sulfonamides is 1. The average Bonchev–Trinajstić information content (AvgIpc) is 2.48. The molecule has 0 unspecified atom stereocenters. The van der Waals surface area contributed by atoms with E-state index in [0.717, 1.165) is 12.0 Å². The van der Waals surface area contributed by atoms with Crippen LogP contribution in [0.1, 0.15) is 18.1 Å². The Bertz CT molecular complexity index is 715. The maximum absolute atomic E-state index is 12.5. The van der Waals surface area contributed by atoms with Crippen LogP contribution in [0.4, 0.5) is 0 Å². The number of hydrogen-bond acceptors (Lipinski definition) is 3. The first-order chi connectivity index (χ1) is 9.95. The SMILES string of the molecule is CCc1ccc(CN(C)S(=O)(=O)c2cccnc2Cl)cc1. The zero-order chi connectivity index (χ0) is 15.5. The molecule has 0 fully saturated rings. The smallest absolute Gasteiger partial charge is 0.243 e. The fourth-order valence-corrected chi connectivity index (χ4v) is 3.54. The van der Waals surface area contributed by atoms with Gasteiger partial charge >= 0.3 is 0 Å². The van der Waals surface area contributed by atoms with Gasteiger partial charge in [-0.1, -0.05) is 42.8 Å². The van der Waals surface area contributed by atoms with Crippen molar-refractivity contribution in [3.8, 4) is 0 Å². The number of rotatable bonds is 5. The van der Waals surface area contributed by atoms with Crippen molar-refractivity contribution in [1.82, 2.24) is 9.29 Å². The summed E-state index contributed by atoms with van der Waals surface area (Å²) in [5, 5.41) is -0.00863. The molecule has 0 saturated carbocycles. The molecule has 1 aromatic heterocycles. The summed E-state index contributed by atoms with van der Waals surface area (Å²) in [4.78, 5) is 3.84. The number of aromatic nitrogens is 1. The summed E-state index contributed by atoms with van der Waals surface area (Å²) in [6.07, 6.45) is 2.42. The van der Waals surface area contributed by atoms with Crippen LogP contribution < -0.4 is 0 Å². The van der Waals surface area contributed by atoms with Gasteiger partial charge in [-0.05, 0) is 29.7 Å². The maximum Gasteiger partial charge on any atom is 0.246 e. The largest absolute Gasteiger partial charge is 0.246 e. The number of benzene rings is 1. The van der Waals surface area contributed by atoms with Gasteiger partial charge in [-0.3, -0.25) is 0 Å². The van der Waals surface area contributed by atoms with Crippen molar-refractivity contribution in [3.63, 3.8) is 0 Å². The molecule has 4 nitrogen and oxygen atoms in total. The summed E-state index contributed by atoms with van der Waals surface area (Å²) in [5.74, 6) is 0. The van der Waals surface area contributed by atoms with Crippen molar-refractivity contribution in [2.75, 3.05) is 7.05 Å². The third-order valence-electron chi connectivity index (χ3n) is 3.25. The van der Waals surface area contributed by atoms with Gasteiger partial charge < -0.3 is 0 Å². The van der Waals surface area contributed by atoms with E-state index in [2.05, 4.69) is 11.9 Å². The monoisotopic (exact) mass is 324 g/mol. The molecule has 0 radical (unpaired) electrons. The van der Waals surface area contributed by atoms with E-state index in [1.165, 1.54) is 29.2 Å². The highest BCUT2D eigenvalue weighted by Gasteiger charge is 2.24. The quantitative estimate of drug-likeness (QED) is 0.794. The first-order valence-corrected chi connectivity index (χ1v) is 8.41. The van der Waals surface area contributed by atoms with Crippen molar-refractivity contribution in [2.24, 2.45) is 0 Å². The van der Waals surface area contributed by atoms with Gasteiger partial charge in [-0.15, -0.1) is 0 Å². The minimum atomic E-state index is -3.64. The lowest BCUT2D eigenvalue weighted by molar-refractivity contribution is 0.466. The second kappa shape index (κ2) is 6.56. The van der Waals surface area contributed by atoms with Gasteiger partial charge in [0.1, 0.15) is 10.0 Å². The van der Waals surface area contributed by atoms with E-state index in [9.17, 15) is 8.42 Å². The molecule has 6 heteroatoms. The molecule has 0 amide bonds. The Labute approximate surface area is 130 Å². The minimum absolute atomic E-state index is 0.00863. The molecular formula is C15H17ClN2O2S. The molecule has 0 saturated heterocycles. The molecular weight excluding hydrogens is 308 g/mol. The lowest BCUT2D eigenvalue weighted by Crippen LogP contribution is -2.26. The second-order valence-electron chi connectivity index (χ2n) is 4.72. The molecule has 0 atom stereocenters. The minimum Gasteiger partial charge on any atom is -0.243 e. The van der Waals surface area contributed by atoms with Crippen LogP contribution in [0.3, 0.4) is 0 Å². The zero-order valence-corrected chi connectivity index (χ0v) is 13.5. The number of halogens is 1. The van der Waals surface area contributed by atoms with E-state index >= 15 is 0 Å². The molecule has 0 N–H and O–H groups in total. The van der Waals surface area contributed by atoms with Crippen molar-refractivity contribution in [2.45, 2.75) is 24.8 Å². The van der Waals surface area contributed by atoms with E-state index in [0.29, 0.717) is 0 Å². The van der Waals surface area contributed by atoms with Crippen LogP contribution >= 0.6 is 11.6 Å². The Hall–Kier alpha value is -1.43. The van der Waals surface area contributed by atoms with E-state index in [1.807, 2.05) is 24.3 Å². The van der Waals surface area contributed by atoms with Crippen molar-refractivity contribution in [1.29, 1.82) is 0 Å². The maximum atomic E-state index is 12.5. The molecule has 112 valence electrons. The molecule has 1 aromatic carbocycles. The van der Waals surface area contributed by atoms with Crippen LogP contribution in [0.5, 0.6) is 0 Å². The Balaban J connectivity index is 2.22. The normalized spacial score (nSPS) is 11.8. The third-order valence-corrected chi connectivity index (χ3v) is 5.50. The van der Waals surface area contributed by atoms with Gasteiger partial charge in [-0.2, -0.15) is 4.31 Å². The predicted octanol–water partition coefficient (Wildman–Crippen LogP) is 3.12.